The van der Waals surface area contributed by atoms with Gasteiger partial charge in [0.15, 0.2) is 0 Å². The summed E-state index contributed by atoms with van der Waals surface area (Å²) in [5, 5.41) is 0. The van der Waals surface area contributed by atoms with Crippen LogP contribution in [-0.4, -0.2) is 15.0 Å². The minimum absolute atomic E-state index is 0.246. The highest BCUT2D eigenvalue weighted by atomic mass is 16.1. The molecular formula is C18H19N5O. The number of hydrogen-bond donors (Lipinski definition) is 3. The lowest BCUT2D eigenvalue weighted by Gasteiger charge is -2.10. The average Bonchev–Trinajstić information content (AvgIpc) is 2.62. The molecule has 3 aromatic rings. The molecule has 0 bridgehead atoms. The van der Waals surface area contributed by atoms with Crippen molar-refractivity contribution in [3.8, 4) is 11.4 Å². The van der Waals surface area contributed by atoms with Gasteiger partial charge < -0.3 is 0 Å². The minimum atomic E-state index is -0.435. The van der Waals surface area contributed by atoms with Crippen LogP contribution >= 0.6 is 0 Å². The van der Waals surface area contributed by atoms with E-state index in [4.69, 9.17) is 0 Å². The normalized spacial score (nSPS) is 10.5. The second-order valence-electron chi connectivity index (χ2n) is 5.30. The van der Waals surface area contributed by atoms with E-state index >= 15 is 0 Å². The van der Waals surface area contributed by atoms with E-state index in [1.54, 1.807) is 0 Å². The molecule has 0 aliphatic heterocycles. The number of hydrazine groups is 1. The highest BCUT2D eigenvalue weighted by molar-refractivity contribution is 5.60. The Hall–Kier alpha value is -2.99. The monoisotopic (exact) mass is 321 g/mol. The molecule has 122 valence electrons. The van der Waals surface area contributed by atoms with Crippen molar-refractivity contribution in [1.29, 1.82) is 0 Å². The van der Waals surface area contributed by atoms with Gasteiger partial charge in [-0.25, -0.2) is 10.2 Å². The number of rotatable bonds is 6. The third-order valence-corrected chi connectivity index (χ3v) is 3.64. The Bertz CT molecular complexity index is 861. The Balaban J connectivity index is 1.78. The predicted molar refractivity (Wildman–Crippen MR) is 94.4 cm³/mol. The molecule has 3 N–H and O–H groups in total. The third-order valence-electron chi connectivity index (χ3n) is 3.64. The van der Waals surface area contributed by atoms with Gasteiger partial charge in [-0.1, -0.05) is 61.5 Å². The lowest BCUT2D eigenvalue weighted by Crippen LogP contribution is -2.25. The minimum Gasteiger partial charge on any atom is -0.290 e. The molecule has 6 heteroatoms. The molecule has 0 amide bonds. The van der Waals surface area contributed by atoms with E-state index in [2.05, 4.69) is 32.7 Å². The second kappa shape index (κ2) is 7.52. The van der Waals surface area contributed by atoms with Gasteiger partial charge in [-0.2, -0.15) is 9.97 Å². The SMILES string of the molecule is CCc1ccccc1-c1nc(NNCc2ccccc2)nc(=O)[nH]1. The van der Waals surface area contributed by atoms with Crippen LogP contribution in [-0.2, 0) is 13.0 Å². The molecule has 0 unspecified atom stereocenters. The molecule has 24 heavy (non-hydrogen) atoms. The van der Waals surface area contributed by atoms with Gasteiger partial charge in [0.05, 0.1) is 0 Å². The van der Waals surface area contributed by atoms with E-state index < -0.39 is 5.69 Å². The number of nitrogens with zero attached hydrogens (tertiary/aromatic N) is 2. The van der Waals surface area contributed by atoms with E-state index in [1.807, 2.05) is 54.6 Å². The fourth-order valence-electron chi connectivity index (χ4n) is 2.45. The molecule has 0 fully saturated rings. The first kappa shape index (κ1) is 15.9. The summed E-state index contributed by atoms with van der Waals surface area (Å²) >= 11 is 0. The van der Waals surface area contributed by atoms with Gasteiger partial charge in [-0.05, 0) is 17.5 Å². The van der Waals surface area contributed by atoms with E-state index in [1.165, 1.54) is 0 Å². The van der Waals surface area contributed by atoms with Crippen LogP contribution in [0.3, 0.4) is 0 Å². The number of nitrogens with one attached hydrogen (secondary N) is 3. The van der Waals surface area contributed by atoms with Crippen LogP contribution in [0, 0.1) is 0 Å². The summed E-state index contributed by atoms with van der Waals surface area (Å²) in [5.74, 6) is 0.757. The number of H-pyrrole nitrogens is 1. The first-order valence-corrected chi connectivity index (χ1v) is 7.85. The van der Waals surface area contributed by atoms with Gasteiger partial charge in [0, 0.05) is 12.1 Å². The maximum absolute atomic E-state index is 11.8. The zero-order chi connectivity index (χ0) is 16.8. The molecule has 2 aromatic carbocycles. The second-order valence-corrected chi connectivity index (χ2v) is 5.30. The highest BCUT2D eigenvalue weighted by Gasteiger charge is 2.08. The molecule has 0 radical (unpaired) electrons. The molecule has 6 nitrogen and oxygen atoms in total. The van der Waals surface area contributed by atoms with Crippen molar-refractivity contribution in [2.45, 2.75) is 19.9 Å². The summed E-state index contributed by atoms with van der Waals surface area (Å²) in [6.07, 6.45) is 0.858. The Labute approximate surface area is 140 Å². The smallest absolute Gasteiger partial charge is 0.290 e. The van der Waals surface area contributed by atoms with Crippen molar-refractivity contribution in [1.82, 2.24) is 20.4 Å². The van der Waals surface area contributed by atoms with Gasteiger partial charge in [0.2, 0.25) is 5.95 Å². The zero-order valence-corrected chi connectivity index (χ0v) is 13.4. The molecule has 1 aromatic heterocycles. The van der Waals surface area contributed by atoms with Crippen LogP contribution in [0.5, 0.6) is 0 Å². The van der Waals surface area contributed by atoms with Gasteiger partial charge in [0.25, 0.3) is 0 Å². The first-order valence-electron chi connectivity index (χ1n) is 7.85. The molecule has 0 saturated carbocycles. The van der Waals surface area contributed by atoms with E-state index in [9.17, 15) is 4.79 Å². The molecule has 0 atom stereocenters. The van der Waals surface area contributed by atoms with Crippen molar-refractivity contribution < 1.29 is 0 Å². The number of aromatic amines is 1. The van der Waals surface area contributed by atoms with E-state index in [0.29, 0.717) is 12.4 Å². The maximum atomic E-state index is 11.8. The fraction of sp³-hybridized carbons (Fsp3) is 0.167. The lowest BCUT2D eigenvalue weighted by molar-refractivity contribution is 0.779. The van der Waals surface area contributed by atoms with Crippen molar-refractivity contribution >= 4 is 5.95 Å². The Morgan fingerprint density at radius 1 is 1.00 bits per heavy atom. The Kier molecular flexibility index (Phi) is 4.98. The standard InChI is InChI=1S/C18H19N5O/c1-2-14-10-6-7-11-15(14)16-20-17(22-18(24)21-16)23-19-12-13-8-4-3-5-9-13/h3-11,19H,2,12H2,1H3,(H2,20,21,22,23,24). The maximum Gasteiger partial charge on any atom is 0.349 e. The summed E-state index contributed by atoms with van der Waals surface area (Å²) in [7, 11) is 0. The van der Waals surface area contributed by atoms with Crippen LogP contribution < -0.4 is 16.5 Å². The van der Waals surface area contributed by atoms with Crippen LogP contribution in [0.15, 0.2) is 59.4 Å². The molecule has 1 heterocycles. The Morgan fingerprint density at radius 3 is 2.54 bits per heavy atom. The lowest BCUT2D eigenvalue weighted by atomic mass is 10.1. The van der Waals surface area contributed by atoms with Crippen LogP contribution in [0.4, 0.5) is 5.95 Å². The van der Waals surface area contributed by atoms with Gasteiger partial charge in [0.1, 0.15) is 5.82 Å². The van der Waals surface area contributed by atoms with Gasteiger partial charge in [-0.15, -0.1) is 0 Å². The number of benzene rings is 2. The predicted octanol–water partition coefficient (Wildman–Crippen LogP) is 2.51. The van der Waals surface area contributed by atoms with Crippen molar-refractivity contribution in [3.63, 3.8) is 0 Å². The molecule has 0 spiro atoms. The summed E-state index contributed by atoms with van der Waals surface area (Å²) in [5.41, 5.74) is 8.62. The molecule has 0 saturated heterocycles. The fourth-order valence-corrected chi connectivity index (χ4v) is 2.45. The van der Waals surface area contributed by atoms with E-state index in [0.717, 1.165) is 23.1 Å². The number of aryl methyl sites for hydroxylation is 1. The number of aromatic nitrogens is 3. The van der Waals surface area contributed by atoms with Crippen LogP contribution in [0.1, 0.15) is 18.1 Å². The number of hydrogen-bond acceptors (Lipinski definition) is 5. The van der Waals surface area contributed by atoms with Crippen LogP contribution in [0.2, 0.25) is 0 Å². The molecule has 0 aliphatic carbocycles. The molecule has 0 aliphatic rings. The summed E-state index contributed by atoms with van der Waals surface area (Å²) in [6.45, 7) is 2.66. The first-order chi connectivity index (χ1) is 11.8. The topological polar surface area (TPSA) is 82.7 Å². The van der Waals surface area contributed by atoms with E-state index in [-0.39, 0.29) is 5.95 Å². The third kappa shape index (κ3) is 3.85. The van der Waals surface area contributed by atoms with Gasteiger partial charge in [-0.3, -0.25) is 10.4 Å². The highest BCUT2D eigenvalue weighted by Crippen LogP contribution is 2.19. The Morgan fingerprint density at radius 2 is 1.75 bits per heavy atom. The zero-order valence-electron chi connectivity index (χ0n) is 13.4. The number of anilines is 1. The molecular weight excluding hydrogens is 302 g/mol. The van der Waals surface area contributed by atoms with Crippen LogP contribution in [0.25, 0.3) is 11.4 Å². The molecule has 3 rings (SSSR count). The summed E-state index contributed by atoms with van der Waals surface area (Å²) < 4.78 is 0. The van der Waals surface area contributed by atoms with Crippen molar-refractivity contribution in [3.05, 3.63) is 76.2 Å². The average molecular weight is 321 g/mol. The quantitative estimate of drug-likeness (QED) is 0.608. The van der Waals surface area contributed by atoms with Crippen molar-refractivity contribution in [2.75, 3.05) is 5.43 Å². The van der Waals surface area contributed by atoms with Crippen molar-refractivity contribution in [2.24, 2.45) is 0 Å². The summed E-state index contributed by atoms with van der Waals surface area (Å²) in [6, 6.07) is 17.8. The largest absolute Gasteiger partial charge is 0.349 e. The summed E-state index contributed by atoms with van der Waals surface area (Å²) in [4.78, 5) is 22.8. The van der Waals surface area contributed by atoms with Gasteiger partial charge >= 0.3 is 5.69 Å².